The number of hydrogen-bond acceptors (Lipinski definition) is 5. The first-order valence-corrected chi connectivity index (χ1v) is 9.21. The van der Waals surface area contributed by atoms with Crippen LogP contribution in [-0.4, -0.2) is 27.0 Å². The molecule has 0 saturated carbocycles. The van der Waals surface area contributed by atoms with Gasteiger partial charge in [0.1, 0.15) is 0 Å². The van der Waals surface area contributed by atoms with Gasteiger partial charge in [-0.2, -0.15) is 0 Å². The summed E-state index contributed by atoms with van der Waals surface area (Å²) in [4.78, 5) is 22.2. The molecule has 0 fully saturated rings. The lowest BCUT2D eigenvalue weighted by Crippen LogP contribution is -2.18. The zero-order chi connectivity index (χ0) is 18.7. The number of carbonyl (C=O) groups is 1. The predicted molar refractivity (Wildman–Crippen MR) is 104 cm³/mol. The lowest BCUT2D eigenvalue weighted by molar-refractivity contribution is 0.102. The van der Waals surface area contributed by atoms with Gasteiger partial charge in [0.15, 0.2) is 10.6 Å². The van der Waals surface area contributed by atoms with E-state index in [1.54, 1.807) is 13.1 Å². The van der Waals surface area contributed by atoms with Crippen LogP contribution in [0.2, 0.25) is 0 Å². The molecule has 26 heavy (non-hydrogen) atoms. The molecule has 0 spiro atoms. The summed E-state index contributed by atoms with van der Waals surface area (Å²) in [6.45, 7) is 5.85. The van der Waals surface area contributed by atoms with Crippen LogP contribution in [0.15, 0.2) is 47.6 Å². The van der Waals surface area contributed by atoms with E-state index in [-0.39, 0.29) is 12.4 Å². The van der Waals surface area contributed by atoms with Crippen molar-refractivity contribution in [2.45, 2.75) is 27.3 Å². The largest absolute Gasteiger partial charge is 0.395 e. The number of nitrogens with zero attached hydrogens (tertiary/aromatic N) is 3. The number of aromatic nitrogens is 2. The Morgan fingerprint density at radius 1 is 1.23 bits per heavy atom. The second-order valence-electron chi connectivity index (χ2n) is 6.03. The van der Waals surface area contributed by atoms with Crippen molar-refractivity contribution in [3.63, 3.8) is 0 Å². The van der Waals surface area contributed by atoms with Crippen LogP contribution in [0.1, 0.15) is 28.0 Å². The number of aliphatic hydroxyl groups is 1. The standard InChI is InChI=1S/C20H21N3O2S/c1-13-18(5-4-10-21-13)16-6-8-17(9-7-16)22-20-23(11-12-24)14(2)19(26-20)15(3)25/h4-10,24H,11-12H2,1-3H3/b22-20-. The van der Waals surface area contributed by atoms with Gasteiger partial charge in [0.05, 0.1) is 17.2 Å². The average molecular weight is 367 g/mol. The van der Waals surface area contributed by atoms with Crippen molar-refractivity contribution < 1.29 is 9.90 Å². The molecule has 0 aliphatic carbocycles. The zero-order valence-corrected chi connectivity index (χ0v) is 15.9. The number of aliphatic hydroxyl groups excluding tert-OH is 1. The van der Waals surface area contributed by atoms with Gasteiger partial charge in [-0.15, -0.1) is 0 Å². The van der Waals surface area contributed by atoms with Crippen LogP contribution in [-0.2, 0) is 6.54 Å². The summed E-state index contributed by atoms with van der Waals surface area (Å²) in [6.07, 6.45) is 1.79. The van der Waals surface area contributed by atoms with Crippen molar-refractivity contribution in [3.8, 4) is 11.1 Å². The molecule has 0 saturated heterocycles. The topological polar surface area (TPSA) is 67.5 Å². The van der Waals surface area contributed by atoms with Gasteiger partial charge < -0.3 is 9.67 Å². The highest BCUT2D eigenvalue weighted by atomic mass is 32.1. The van der Waals surface area contributed by atoms with Crippen LogP contribution in [0.4, 0.5) is 5.69 Å². The summed E-state index contributed by atoms with van der Waals surface area (Å²) in [5.74, 6) is 0.0167. The van der Waals surface area contributed by atoms with E-state index in [0.717, 1.165) is 28.2 Å². The second-order valence-corrected chi connectivity index (χ2v) is 7.00. The van der Waals surface area contributed by atoms with Gasteiger partial charge in [-0.05, 0) is 37.6 Å². The SMILES string of the molecule is CC(=O)c1s/c(=N\c2ccc(-c3cccnc3C)cc2)n(CCO)c1C. The fourth-order valence-corrected chi connectivity index (χ4v) is 3.95. The number of aryl methyl sites for hydroxylation is 1. The Morgan fingerprint density at radius 2 is 1.96 bits per heavy atom. The maximum Gasteiger partial charge on any atom is 0.190 e. The molecule has 1 aromatic carbocycles. The van der Waals surface area contributed by atoms with E-state index in [9.17, 15) is 9.90 Å². The van der Waals surface area contributed by atoms with Crippen molar-refractivity contribution in [2.75, 3.05) is 6.61 Å². The van der Waals surface area contributed by atoms with Crippen molar-refractivity contribution in [1.29, 1.82) is 0 Å². The molecule has 0 unspecified atom stereocenters. The van der Waals surface area contributed by atoms with Crippen LogP contribution < -0.4 is 4.80 Å². The van der Waals surface area contributed by atoms with Crippen LogP contribution in [0.3, 0.4) is 0 Å². The number of benzene rings is 1. The molecule has 2 aromatic heterocycles. The molecule has 1 N–H and O–H groups in total. The molecule has 5 nitrogen and oxygen atoms in total. The fourth-order valence-electron chi connectivity index (χ4n) is 2.87. The number of hydrogen-bond donors (Lipinski definition) is 1. The number of Topliss-reactive ketones (excluding diaryl/α,β-unsaturated/α-hetero) is 1. The summed E-state index contributed by atoms with van der Waals surface area (Å²) in [6, 6.07) is 11.9. The lowest BCUT2D eigenvalue weighted by Gasteiger charge is -2.05. The highest BCUT2D eigenvalue weighted by Gasteiger charge is 2.13. The molecule has 0 amide bonds. The molecule has 6 heteroatoms. The predicted octanol–water partition coefficient (Wildman–Crippen LogP) is 3.66. The number of carbonyl (C=O) groups excluding carboxylic acids is 1. The Bertz CT molecular complexity index is 1000. The highest BCUT2D eigenvalue weighted by Crippen LogP contribution is 2.24. The molecule has 0 aliphatic heterocycles. The quantitative estimate of drug-likeness (QED) is 0.700. The summed E-state index contributed by atoms with van der Waals surface area (Å²) < 4.78 is 1.89. The third-order valence-electron chi connectivity index (χ3n) is 4.21. The van der Waals surface area contributed by atoms with E-state index in [0.29, 0.717) is 16.2 Å². The molecular formula is C20H21N3O2S. The van der Waals surface area contributed by atoms with E-state index in [1.165, 1.54) is 11.3 Å². The molecule has 0 atom stereocenters. The van der Waals surface area contributed by atoms with Gasteiger partial charge in [-0.3, -0.25) is 9.78 Å². The first-order chi connectivity index (χ1) is 12.5. The van der Waals surface area contributed by atoms with Gasteiger partial charge in [0, 0.05) is 36.6 Å². The monoisotopic (exact) mass is 367 g/mol. The Morgan fingerprint density at radius 3 is 2.58 bits per heavy atom. The minimum atomic E-state index is 0.00132. The van der Waals surface area contributed by atoms with E-state index in [1.807, 2.05) is 54.8 Å². The van der Waals surface area contributed by atoms with E-state index in [4.69, 9.17) is 0 Å². The maximum absolute atomic E-state index is 11.8. The third kappa shape index (κ3) is 3.66. The molecule has 2 heterocycles. The van der Waals surface area contributed by atoms with E-state index in [2.05, 4.69) is 9.98 Å². The summed E-state index contributed by atoms with van der Waals surface area (Å²) >= 11 is 1.36. The normalized spacial score (nSPS) is 11.8. The Kier molecular flexibility index (Phi) is 5.44. The maximum atomic E-state index is 11.8. The van der Waals surface area contributed by atoms with Crippen molar-refractivity contribution >= 4 is 22.8 Å². The van der Waals surface area contributed by atoms with Gasteiger partial charge in [-0.25, -0.2) is 4.99 Å². The molecule has 0 bridgehead atoms. The average Bonchev–Trinajstić information content (AvgIpc) is 2.93. The Balaban J connectivity index is 2.02. The zero-order valence-electron chi connectivity index (χ0n) is 15.1. The van der Waals surface area contributed by atoms with E-state index < -0.39 is 0 Å². The van der Waals surface area contributed by atoms with Gasteiger partial charge in [-0.1, -0.05) is 29.5 Å². The molecule has 0 aliphatic rings. The van der Waals surface area contributed by atoms with Crippen LogP contribution in [0.25, 0.3) is 11.1 Å². The Labute approximate surface area is 156 Å². The Hall–Kier alpha value is -2.57. The highest BCUT2D eigenvalue weighted by molar-refractivity contribution is 7.11. The van der Waals surface area contributed by atoms with Crippen molar-refractivity contribution in [3.05, 3.63) is 63.7 Å². The summed E-state index contributed by atoms with van der Waals surface area (Å²) in [5, 5.41) is 9.32. The van der Waals surface area contributed by atoms with Crippen molar-refractivity contribution in [2.24, 2.45) is 4.99 Å². The van der Waals surface area contributed by atoms with E-state index >= 15 is 0 Å². The molecule has 3 aromatic rings. The first kappa shape index (κ1) is 18.2. The van der Waals surface area contributed by atoms with Crippen LogP contribution in [0.5, 0.6) is 0 Å². The summed E-state index contributed by atoms with van der Waals surface area (Å²) in [7, 11) is 0. The van der Waals surface area contributed by atoms with Crippen molar-refractivity contribution in [1.82, 2.24) is 9.55 Å². The number of ketones is 1. The molecule has 0 radical (unpaired) electrons. The molecule has 134 valence electrons. The smallest absolute Gasteiger partial charge is 0.190 e. The van der Waals surface area contributed by atoms with Crippen LogP contribution >= 0.6 is 11.3 Å². The minimum absolute atomic E-state index is 0.00132. The number of rotatable bonds is 5. The summed E-state index contributed by atoms with van der Waals surface area (Å²) in [5.41, 5.74) is 4.82. The number of pyridine rings is 1. The lowest BCUT2D eigenvalue weighted by atomic mass is 10.0. The van der Waals surface area contributed by atoms with Gasteiger partial charge in [0.25, 0.3) is 0 Å². The van der Waals surface area contributed by atoms with Gasteiger partial charge >= 0.3 is 0 Å². The first-order valence-electron chi connectivity index (χ1n) is 8.40. The molecule has 3 rings (SSSR count). The third-order valence-corrected chi connectivity index (χ3v) is 5.49. The van der Waals surface area contributed by atoms with Gasteiger partial charge in [0.2, 0.25) is 0 Å². The number of thiazole rings is 1. The molecular weight excluding hydrogens is 346 g/mol. The second kappa shape index (κ2) is 7.76. The minimum Gasteiger partial charge on any atom is -0.395 e. The fraction of sp³-hybridized carbons (Fsp3) is 0.250. The van der Waals surface area contributed by atoms with Crippen LogP contribution in [0, 0.1) is 13.8 Å².